The van der Waals surface area contributed by atoms with E-state index in [0.29, 0.717) is 23.5 Å². The second-order valence-corrected chi connectivity index (χ2v) is 5.29. The molecule has 22 heavy (non-hydrogen) atoms. The fourth-order valence-corrected chi connectivity index (χ4v) is 2.44. The van der Waals surface area contributed by atoms with Crippen LogP contribution in [0.25, 0.3) is 0 Å². The van der Waals surface area contributed by atoms with E-state index < -0.39 is 0 Å². The van der Waals surface area contributed by atoms with Crippen molar-refractivity contribution in [3.05, 3.63) is 40.7 Å². The van der Waals surface area contributed by atoms with Crippen LogP contribution < -0.4 is 10.6 Å². The molecule has 8 heteroatoms. The zero-order chi connectivity index (χ0) is 15.8. The van der Waals surface area contributed by atoms with Crippen LogP contribution in [0.2, 0.25) is 0 Å². The Kier molecular flexibility index (Phi) is 5.96. The van der Waals surface area contributed by atoms with Crippen LogP contribution in [0, 0.1) is 0 Å². The molecule has 0 saturated heterocycles. The van der Waals surface area contributed by atoms with Crippen molar-refractivity contribution in [2.45, 2.75) is 26.3 Å². The molecule has 0 radical (unpaired) electrons. The number of amides is 2. The van der Waals surface area contributed by atoms with Gasteiger partial charge in [-0.15, -0.1) is 5.10 Å². The zero-order valence-electron chi connectivity index (χ0n) is 12.2. The molecule has 2 rings (SSSR count). The van der Waals surface area contributed by atoms with E-state index in [2.05, 4.69) is 25.2 Å². The number of nitrogens with one attached hydrogen (secondary N) is 2. The third kappa shape index (κ3) is 4.59. The highest BCUT2D eigenvalue weighted by atomic mass is 32.1. The van der Waals surface area contributed by atoms with Gasteiger partial charge in [-0.3, -0.25) is 14.6 Å². The minimum Gasteiger partial charge on any atom is -0.352 e. The molecule has 116 valence electrons. The number of carbonyl (C=O) groups excluding carboxylic acids is 2. The lowest BCUT2D eigenvalue weighted by atomic mass is 10.2. The van der Waals surface area contributed by atoms with Gasteiger partial charge in [0.25, 0.3) is 5.91 Å². The van der Waals surface area contributed by atoms with Gasteiger partial charge in [0.05, 0.1) is 5.69 Å². The van der Waals surface area contributed by atoms with E-state index in [1.54, 1.807) is 12.4 Å². The monoisotopic (exact) mass is 319 g/mol. The predicted molar refractivity (Wildman–Crippen MR) is 82.3 cm³/mol. The average molecular weight is 319 g/mol. The summed E-state index contributed by atoms with van der Waals surface area (Å²) in [5, 5.41) is 9.38. The highest BCUT2D eigenvalue weighted by Gasteiger charge is 2.14. The molecular formula is C14H17N5O2S. The van der Waals surface area contributed by atoms with Crippen molar-refractivity contribution in [3.8, 4) is 0 Å². The molecular weight excluding hydrogens is 302 g/mol. The lowest BCUT2D eigenvalue weighted by molar-refractivity contribution is -0.121. The molecule has 0 aromatic carbocycles. The first-order chi connectivity index (χ1) is 10.7. The Bertz CT molecular complexity index is 629. The first kappa shape index (κ1) is 16.0. The normalized spacial score (nSPS) is 10.2. The van der Waals surface area contributed by atoms with Gasteiger partial charge in [0, 0.05) is 31.9 Å². The van der Waals surface area contributed by atoms with E-state index >= 15 is 0 Å². The van der Waals surface area contributed by atoms with E-state index in [0.717, 1.165) is 17.1 Å². The topological polar surface area (TPSA) is 96.9 Å². The maximum absolute atomic E-state index is 11.9. The van der Waals surface area contributed by atoms with Crippen molar-refractivity contribution in [1.82, 2.24) is 25.2 Å². The van der Waals surface area contributed by atoms with E-state index in [1.165, 1.54) is 0 Å². The molecule has 0 aliphatic carbocycles. The summed E-state index contributed by atoms with van der Waals surface area (Å²) in [6.45, 7) is 2.65. The van der Waals surface area contributed by atoms with Gasteiger partial charge in [-0.25, -0.2) is 0 Å². The zero-order valence-corrected chi connectivity index (χ0v) is 13.0. The van der Waals surface area contributed by atoms with Crippen LogP contribution in [0.4, 0.5) is 0 Å². The lowest BCUT2D eigenvalue weighted by Gasteiger charge is -2.06. The minimum absolute atomic E-state index is 0.116. The molecule has 0 saturated carbocycles. The van der Waals surface area contributed by atoms with E-state index in [-0.39, 0.29) is 24.8 Å². The molecule has 0 atom stereocenters. The van der Waals surface area contributed by atoms with E-state index in [1.807, 2.05) is 19.1 Å². The fraction of sp³-hybridized carbons (Fsp3) is 0.357. The van der Waals surface area contributed by atoms with Gasteiger partial charge in [0.2, 0.25) is 5.91 Å². The van der Waals surface area contributed by atoms with Crippen LogP contribution in [0.3, 0.4) is 0 Å². The molecule has 0 bridgehead atoms. The van der Waals surface area contributed by atoms with Crippen molar-refractivity contribution >= 4 is 23.3 Å². The van der Waals surface area contributed by atoms with Gasteiger partial charge in [-0.05, 0) is 35.6 Å². The molecule has 2 aromatic heterocycles. The Hall–Kier alpha value is -2.35. The Balaban J connectivity index is 1.70. The Labute approximate surface area is 132 Å². The summed E-state index contributed by atoms with van der Waals surface area (Å²) in [5.74, 6) is -0.343. The number of hydrogen-bond acceptors (Lipinski definition) is 6. The second kappa shape index (κ2) is 8.18. The van der Waals surface area contributed by atoms with Crippen LogP contribution in [-0.2, 0) is 17.8 Å². The van der Waals surface area contributed by atoms with Gasteiger partial charge < -0.3 is 10.6 Å². The quantitative estimate of drug-likeness (QED) is 0.791. The largest absolute Gasteiger partial charge is 0.352 e. The Morgan fingerprint density at radius 2 is 2.00 bits per heavy atom. The van der Waals surface area contributed by atoms with Crippen molar-refractivity contribution in [2.24, 2.45) is 0 Å². The standard InChI is InChI=1S/C14H17N5O2S/c1-2-11-13(22-19-18-11)14(21)16-8-5-12(20)17-9-10-3-6-15-7-4-10/h3-4,6-7H,2,5,8-9H2,1H3,(H,16,21)(H,17,20). The lowest BCUT2D eigenvalue weighted by Crippen LogP contribution is -2.30. The van der Waals surface area contributed by atoms with Crippen LogP contribution in [0.15, 0.2) is 24.5 Å². The Morgan fingerprint density at radius 3 is 2.73 bits per heavy atom. The van der Waals surface area contributed by atoms with Gasteiger partial charge >= 0.3 is 0 Å². The molecule has 2 heterocycles. The van der Waals surface area contributed by atoms with Crippen LogP contribution in [-0.4, -0.2) is 32.9 Å². The smallest absolute Gasteiger partial charge is 0.264 e. The third-order valence-corrected chi connectivity index (χ3v) is 3.74. The Morgan fingerprint density at radius 1 is 1.23 bits per heavy atom. The summed E-state index contributed by atoms with van der Waals surface area (Å²) < 4.78 is 3.77. The second-order valence-electron chi connectivity index (χ2n) is 4.54. The van der Waals surface area contributed by atoms with E-state index in [9.17, 15) is 9.59 Å². The van der Waals surface area contributed by atoms with Gasteiger partial charge in [0.1, 0.15) is 4.88 Å². The van der Waals surface area contributed by atoms with Gasteiger partial charge in [-0.2, -0.15) is 0 Å². The van der Waals surface area contributed by atoms with Crippen molar-refractivity contribution in [3.63, 3.8) is 0 Å². The first-order valence-corrected chi connectivity index (χ1v) is 7.73. The van der Waals surface area contributed by atoms with Gasteiger partial charge in [0.15, 0.2) is 0 Å². The molecule has 7 nitrogen and oxygen atoms in total. The van der Waals surface area contributed by atoms with Crippen molar-refractivity contribution in [1.29, 1.82) is 0 Å². The van der Waals surface area contributed by atoms with Crippen molar-refractivity contribution in [2.75, 3.05) is 6.54 Å². The number of aromatic nitrogens is 3. The number of nitrogens with zero attached hydrogens (tertiary/aromatic N) is 3. The molecule has 0 unspecified atom stereocenters. The SMILES string of the molecule is CCc1nnsc1C(=O)NCCC(=O)NCc1ccncc1. The number of carbonyl (C=O) groups is 2. The number of rotatable bonds is 7. The van der Waals surface area contributed by atoms with Gasteiger partial charge in [-0.1, -0.05) is 11.4 Å². The molecule has 0 aliphatic heterocycles. The average Bonchev–Trinajstić information content (AvgIpc) is 3.02. The molecule has 0 aliphatic rings. The van der Waals surface area contributed by atoms with Crippen LogP contribution >= 0.6 is 11.5 Å². The number of pyridine rings is 1. The predicted octanol–water partition coefficient (Wildman–Crippen LogP) is 0.932. The third-order valence-electron chi connectivity index (χ3n) is 2.97. The fourth-order valence-electron chi connectivity index (χ4n) is 1.77. The number of hydrogen-bond donors (Lipinski definition) is 2. The summed E-state index contributed by atoms with van der Waals surface area (Å²) in [5.41, 5.74) is 1.67. The molecule has 0 spiro atoms. The molecule has 2 amide bonds. The van der Waals surface area contributed by atoms with Crippen LogP contribution in [0.5, 0.6) is 0 Å². The van der Waals surface area contributed by atoms with Crippen molar-refractivity contribution < 1.29 is 9.59 Å². The maximum atomic E-state index is 11.9. The van der Waals surface area contributed by atoms with Crippen LogP contribution in [0.1, 0.15) is 34.3 Å². The summed E-state index contributed by atoms with van der Waals surface area (Å²) in [6, 6.07) is 3.68. The minimum atomic E-state index is -0.228. The molecule has 0 fully saturated rings. The summed E-state index contributed by atoms with van der Waals surface area (Å²) in [7, 11) is 0. The molecule has 2 aromatic rings. The summed E-state index contributed by atoms with van der Waals surface area (Å²) >= 11 is 1.07. The maximum Gasteiger partial charge on any atom is 0.264 e. The van der Waals surface area contributed by atoms with E-state index in [4.69, 9.17) is 0 Å². The highest BCUT2D eigenvalue weighted by molar-refractivity contribution is 7.08. The summed E-state index contributed by atoms with van der Waals surface area (Å²) in [4.78, 5) is 28.1. The number of aryl methyl sites for hydroxylation is 1. The highest BCUT2D eigenvalue weighted by Crippen LogP contribution is 2.10. The molecule has 2 N–H and O–H groups in total. The first-order valence-electron chi connectivity index (χ1n) is 6.95. The summed E-state index contributed by atoms with van der Waals surface area (Å²) in [6.07, 6.45) is 4.24.